The van der Waals surface area contributed by atoms with Crippen LogP contribution in [0.2, 0.25) is 5.02 Å². The molecule has 0 unspecified atom stereocenters. The normalized spacial score (nSPS) is 20.1. The third-order valence-electron chi connectivity index (χ3n) is 14.6. The number of fused-ring (bicyclic) bond motifs is 2. The standard InChI is InChI=1S/C52H57ClN12O5/c1-4-47(68)64-24-23-63(30-37(64)15-17-54)49-40-16-18-62(44-10-6-8-35-7-5-9-42(53)48(35)44)31-43(40)55-51(56-49)70-32-39-26-38(29-59(39)3)61-21-19-60(20-22-61)28-34-11-13-36(14-12-34)65-50(57-58-52(65)69)41-25-33(2)45(66)27-46(41)67/h4-14,25,27,37-39,66-67H,1,15-16,18-24,26,28-32H2,2-3H3,(H,58,69)/t37-,38-,39-/m0/s1. The quantitative estimate of drug-likeness (QED) is 0.123. The number of nitrogens with zero attached hydrogens (tertiary/aromatic N) is 12. The predicted molar refractivity (Wildman–Crippen MR) is 268 cm³/mol. The summed E-state index contributed by atoms with van der Waals surface area (Å²) >= 11 is 6.81. The van der Waals surface area contributed by atoms with Crippen LogP contribution in [0.5, 0.6) is 23.5 Å². The second-order valence-corrected chi connectivity index (χ2v) is 19.2. The molecule has 0 radical (unpaired) electrons. The first kappa shape index (κ1) is 46.7. The number of piperazine rings is 2. The first-order valence-corrected chi connectivity index (χ1v) is 24.3. The molecule has 4 aliphatic heterocycles. The summed E-state index contributed by atoms with van der Waals surface area (Å²) in [6.45, 7) is 14.1. The van der Waals surface area contributed by atoms with E-state index in [4.69, 9.17) is 26.3 Å². The van der Waals surface area contributed by atoms with Gasteiger partial charge in [-0.3, -0.25) is 19.5 Å². The molecule has 1 amide bonds. The van der Waals surface area contributed by atoms with Gasteiger partial charge in [0.25, 0.3) is 0 Å². The van der Waals surface area contributed by atoms with Gasteiger partial charge in [0.15, 0.2) is 5.82 Å². The highest BCUT2D eigenvalue weighted by Crippen LogP contribution is 2.39. The van der Waals surface area contributed by atoms with Crippen LogP contribution in [-0.4, -0.2) is 156 Å². The van der Waals surface area contributed by atoms with Gasteiger partial charge in [0, 0.05) is 100 Å². The lowest BCUT2D eigenvalue weighted by atomic mass is 10.0. The molecule has 0 bridgehead atoms. The number of hydrogen-bond acceptors (Lipinski definition) is 15. The molecule has 362 valence electrons. The van der Waals surface area contributed by atoms with Gasteiger partial charge in [0.2, 0.25) is 5.91 Å². The number of rotatable bonds is 12. The predicted octanol–water partition coefficient (Wildman–Crippen LogP) is 5.91. The van der Waals surface area contributed by atoms with E-state index in [1.807, 2.05) is 36.4 Å². The Morgan fingerprint density at radius 3 is 2.47 bits per heavy atom. The molecule has 3 saturated heterocycles. The van der Waals surface area contributed by atoms with Crippen molar-refractivity contribution in [3.8, 4) is 46.7 Å². The van der Waals surface area contributed by atoms with E-state index in [2.05, 4.69) is 78.7 Å². The molecule has 17 nitrogen and oxygen atoms in total. The molecule has 3 atom stereocenters. The minimum atomic E-state index is -0.302. The van der Waals surface area contributed by atoms with Gasteiger partial charge in [-0.25, -0.2) is 4.57 Å². The number of carbonyl (C=O) groups excluding carboxylic acids is 1. The number of aromatic nitrogens is 5. The number of hydrogen-bond donors (Lipinski definition) is 3. The number of likely N-dealkylation sites (tertiary alicyclic amines) is 1. The number of phenolic OH excluding ortho intramolecular Hbond substituents is 2. The number of carbonyl (C=O) groups is 1. The van der Waals surface area contributed by atoms with Crippen molar-refractivity contribution in [3.63, 3.8) is 0 Å². The summed E-state index contributed by atoms with van der Waals surface area (Å²) in [5, 5.41) is 51.8. The Balaban J connectivity index is 0.795. The number of benzene rings is 4. The number of halogens is 1. The van der Waals surface area contributed by atoms with Crippen molar-refractivity contribution in [3.05, 3.63) is 113 Å². The maximum absolute atomic E-state index is 12.8. The topological polar surface area (TPSA) is 187 Å². The lowest BCUT2D eigenvalue weighted by molar-refractivity contribution is -0.128. The molecule has 3 fully saturated rings. The van der Waals surface area contributed by atoms with Crippen LogP contribution in [0.15, 0.2) is 85.5 Å². The van der Waals surface area contributed by atoms with E-state index < -0.39 is 0 Å². The van der Waals surface area contributed by atoms with Gasteiger partial charge in [-0.2, -0.15) is 15.2 Å². The smallest absolute Gasteiger partial charge is 0.319 e. The van der Waals surface area contributed by atoms with Crippen LogP contribution in [-0.2, 0) is 24.3 Å². The molecule has 0 spiro atoms. The Morgan fingerprint density at radius 1 is 0.914 bits per heavy atom. The average Bonchev–Trinajstić information content (AvgIpc) is 3.95. The van der Waals surface area contributed by atoms with Crippen molar-refractivity contribution in [1.82, 2.24) is 44.3 Å². The Bertz CT molecular complexity index is 2970. The summed E-state index contributed by atoms with van der Waals surface area (Å²) in [4.78, 5) is 36.8. The number of nitriles is 1. The van der Waals surface area contributed by atoms with E-state index in [0.29, 0.717) is 73.1 Å². The number of ether oxygens (including phenoxy) is 1. The van der Waals surface area contributed by atoms with E-state index in [9.17, 15) is 25.4 Å². The molecule has 6 aromatic rings. The number of amides is 1. The third-order valence-corrected chi connectivity index (χ3v) is 14.9. The minimum Gasteiger partial charge on any atom is -0.508 e. The second-order valence-electron chi connectivity index (χ2n) is 18.8. The van der Waals surface area contributed by atoms with Gasteiger partial charge < -0.3 is 34.8 Å². The molecular weight excluding hydrogens is 908 g/mol. The monoisotopic (exact) mass is 964 g/mol. The number of phenols is 2. The van der Waals surface area contributed by atoms with Crippen LogP contribution in [0.3, 0.4) is 0 Å². The van der Waals surface area contributed by atoms with Crippen molar-refractivity contribution in [2.75, 3.05) is 82.4 Å². The van der Waals surface area contributed by atoms with Crippen molar-refractivity contribution >= 4 is 39.8 Å². The molecule has 3 N–H and O–H groups in total. The molecule has 0 saturated carbocycles. The van der Waals surface area contributed by atoms with E-state index in [1.54, 1.807) is 17.9 Å². The SMILES string of the molecule is C=CC(=O)N1CCN(c2nc(OC[C@@H]3C[C@H](N4CCN(Cc5ccc(-n6c(O)nnc6-c6cc(C)c(O)cc6O)cc5)CC4)CN3C)nc3c2CCN(c2cccc4cccc(Cl)c24)C3)C[C@@H]1CC#N. The minimum absolute atomic E-state index is 0.0307. The molecular formula is C52H57ClN12O5. The lowest BCUT2D eigenvalue weighted by Crippen LogP contribution is -2.55. The largest absolute Gasteiger partial charge is 0.508 e. The molecule has 2 aromatic heterocycles. The fourth-order valence-corrected chi connectivity index (χ4v) is 11.0. The molecule has 10 rings (SSSR count). The van der Waals surface area contributed by atoms with Gasteiger partial charge in [0.05, 0.1) is 47.0 Å². The number of likely N-dealkylation sites (N-methyl/N-ethyl adjacent to an activating group) is 1. The molecule has 4 aliphatic rings. The molecule has 70 heavy (non-hydrogen) atoms. The summed E-state index contributed by atoms with van der Waals surface area (Å²) in [6.07, 6.45) is 3.19. The van der Waals surface area contributed by atoms with Gasteiger partial charge in [-0.1, -0.05) is 59.7 Å². The van der Waals surface area contributed by atoms with E-state index in [1.165, 1.54) is 16.7 Å². The summed E-state index contributed by atoms with van der Waals surface area (Å²) < 4.78 is 8.09. The third kappa shape index (κ3) is 9.27. The Hall–Kier alpha value is -6.97. The number of aryl methyl sites for hydroxylation is 1. The highest BCUT2D eigenvalue weighted by atomic mass is 35.5. The molecule has 18 heteroatoms. The Morgan fingerprint density at radius 2 is 1.70 bits per heavy atom. The van der Waals surface area contributed by atoms with Crippen LogP contribution in [0, 0.1) is 18.3 Å². The Kier molecular flexibility index (Phi) is 13.2. The van der Waals surface area contributed by atoms with Crippen LogP contribution in [0.1, 0.15) is 35.2 Å². The number of aromatic hydroxyl groups is 3. The van der Waals surface area contributed by atoms with Crippen molar-refractivity contribution in [2.45, 2.75) is 57.4 Å². The highest BCUT2D eigenvalue weighted by Gasteiger charge is 2.37. The molecule has 6 heterocycles. The summed E-state index contributed by atoms with van der Waals surface area (Å²) in [5.41, 5.74) is 5.72. The van der Waals surface area contributed by atoms with E-state index >= 15 is 0 Å². The highest BCUT2D eigenvalue weighted by molar-refractivity contribution is 6.36. The van der Waals surface area contributed by atoms with Crippen LogP contribution in [0.4, 0.5) is 11.5 Å². The van der Waals surface area contributed by atoms with E-state index in [-0.39, 0.29) is 47.7 Å². The maximum Gasteiger partial charge on any atom is 0.319 e. The van der Waals surface area contributed by atoms with Crippen LogP contribution < -0.4 is 14.5 Å². The van der Waals surface area contributed by atoms with Crippen molar-refractivity contribution in [1.29, 1.82) is 5.26 Å². The molecule has 0 aliphatic carbocycles. The van der Waals surface area contributed by atoms with Crippen LogP contribution in [0.25, 0.3) is 27.8 Å². The van der Waals surface area contributed by atoms with Crippen molar-refractivity contribution < 1.29 is 24.9 Å². The van der Waals surface area contributed by atoms with Gasteiger partial charge in [0.1, 0.15) is 23.9 Å². The summed E-state index contributed by atoms with van der Waals surface area (Å²) in [5.74, 6) is 0.710. The fourth-order valence-electron chi connectivity index (χ4n) is 10.7. The summed E-state index contributed by atoms with van der Waals surface area (Å²) in [6, 6.07) is 25.6. The average molecular weight is 966 g/mol. The second kappa shape index (κ2) is 19.8. The lowest BCUT2D eigenvalue weighted by Gasteiger charge is -2.42. The molecule has 4 aromatic carbocycles. The van der Waals surface area contributed by atoms with Crippen molar-refractivity contribution in [2.24, 2.45) is 0 Å². The first-order valence-electron chi connectivity index (χ1n) is 23.9. The van der Waals surface area contributed by atoms with Crippen LogP contribution >= 0.6 is 11.6 Å². The Labute approximate surface area is 412 Å². The van der Waals surface area contributed by atoms with Gasteiger partial charge in [-0.05, 0) is 79.7 Å². The van der Waals surface area contributed by atoms with Gasteiger partial charge in [-0.15, -0.1) is 5.10 Å². The zero-order valence-corrected chi connectivity index (χ0v) is 40.2. The van der Waals surface area contributed by atoms with Gasteiger partial charge >= 0.3 is 12.0 Å². The zero-order valence-electron chi connectivity index (χ0n) is 39.5. The van der Waals surface area contributed by atoms with E-state index in [0.717, 1.165) is 91.3 Å². The zero-order chi connectivity index (χ0) is 48.6. The maximum atomic E-state index is 12.8. The summed E-state index contributed by atoms with van der Waals surface area (Å²) in [7, 11) is 2.16. The fraction of sp³-hybridized carbons (Fsp3) is 0.385. The number of anilines is 2. The first-order chi connectivity index (χ1) is 34.0.